The Bertz CT molecular complexity index is 260. The van der Waals surface area contributed by atoms with Crippen LogP contribution in [0.3, 0.4) is 0 Å². The number of alkyl halides is 2. The third kappa shape index (κ3) is 2.68. The van der Waals surface area contributed by atoms with Gasteiger partial charge in [0.2, 0.25) is 0 Å². The molecule has 0 fully saturated rings. The summed E-state index contributed by atoms with van der Waals surface area (Å²) in [6.07, 6.45) is -1.08. The van der Waals surface area contributed by atoms with Crippen LogP contribution < -0.4 is 4.74 Å². The Hall–Kier alpha value is -1.13. The summed E-state index contributed by atoms with van der Waals surface area (Å²) in [4.78, 5) is 0. The lowest BCUT2D eigenvalue weighted by molar-refractivity contribution is 0.0771. The summed E-state index contributed by atoms with van der Waals surface area (Å²) >= 11 is 0. The number of hydrogen-bond donors (Lipinski definition) is 0. The van der Waals surface area contributed by atoms with E-state index in [0.29, 0.717) is 5.56 Å². The van der Waals surface area contributed by atoms with Crippen LogP contribution in [-0.2, 0) is 0 Å². The first-order valence-electron chi connectivity index (χ1n) is 3.96. The molecular formula is C8H11F2NO2. The second-order valence-electron chi connectivity index (χ2n) is 2.93. The van der Waals surface area contributed by atoms with Gasteiger partial charge in [-0.15, -0.1) is 0 Å². The van der Waals surface area contributed by atoms with Crippen molar-refractivity contribution in [3.63, 3.8) is 0 Å². The summed E-state index contributed by atoms with van der Waals surface area (Å²) in [5.41, 5.74) is 0.709. The van der Waals surface area contributed by atoms with E-state index in [1.54, 1.807) is 0 Å². The number of rotatable bonds is 4. The lowest BCUT2D eigenvalue weighted by atomic mass is 10.1. The monoisotopic (exact) mass is 191 g/mol. The van der Waals surface area contributed by atoms with Gasteiger partial charge >= 0.3 is 0 Å². The highest BCUT2D eigenvalue weighted by Crippen LogP contribution is 2.24. The van der Waals surface area contributed by atoms with Gasteiger partial charge in [-0.2, -0.15) is 0 Å². The molecule has 1 aromatic rings. The van der Waals surface area contributed by atoms with Crippen LogP contribution in [0.2, 0.25) is 0 Å². The first-order chi connectivity index (χ1) is 6.11. The molecule has 1 rings (SSSR count). The van der Waals surface area contributed by atoms with Crippen LogP contribution in [-0.4, -0.2) is 18.2 Å². The van der Waals surface area contributed by atoms with Gasteiger partial charge in [0, 0.05) is 0 Å². The zero-order valence-corrected chi connectivity index (χ0v) is 7.46. The third-order valence-electron chi connectivity index (χ3n) is 1.53. The van der Waals surface area contributed by atoms with Gasteiger partial charge in [0.25, 0.3) is 12.3 Å². The van der Waals surface area contributed by atoms with Crippen LogP contribution in [0, 0.1) is 0 Å². The standard InChI is InChI=1S/C8H11F2NO2/c1-5(2)6-3-13-11-8(6)12-4-7(9)10/h3,5,7H,4H2,1-2H3. The molecule has 0 radical (unpaired) electrons. The van der Waals surface area contributed by atoms with Gasteiger partial charge in [0.1, 0.15) is 6.26 Å². The first kappa shape index (κ1) is 9.95. The van der Waals surface area contributed by atoms with Gasteiger partial charge < -0.3 is 9.26 Å². The summed E-state index contributed by atoms with van der Waals surface area (Å²) in [7, 11) is 0. The predicted molar refractivity (Wildman–Crippen MR) is 42.1 cm³/mol. The Kier molecular flexibility index (Phi) is 3.22. The fourth-order valence-electron chi connectivity index (χ4n) is 0.869. The van der Waals surface area contributed by atoms with E-state index in [4.69, 9.17) is 4.74 Å². The Morgan fingerprint density at radius 3 is 2.77 bits per heavy atom. The number of aromatic nitrogens is 1. The maximum atomic E-state index is 11.8. The van der Waals surface area contributed by atoms with Crippen molar-refractivity contribution in [1.82, 2.24) is 5.16 Å². The minimum absolute atomic E-state index is 0.152. The average molecular weight is 191 g/mol. The van der Waals surface area contributed by atoms with Crippen LogP contribution >= 0.6 is 0 Å². The fourth-order valence-corrected chi connectivity index (χ4v) is 0.869. The lowest BCUT2D eigenvalue weighted by Gasteiger charge is -2.05. The van der Waals surface area contributed by atoms with Crippen molar-refractivity contribution in [2.24, 2.45) is 0 Å². The number of hydrogen-bond acceptors (Lipinski definition) is 3. The number of ether oxygens (including phenoxy) is 1. The van der Waals surface area contributed by atoms with Crippen molar-refractivity contribution in [2.45, 2.75) is 26.2 Å². The zero-order chi connectivity index (χ0) is 9.84. The summed E-state index contributed by atoms with van der Waals surface area (Å²) in [5.74, 6) is 0.314. The van der Waals surface area contributed by atoms with Crippen LogP contribution in [0.25, 0.3) is 0 Å². The molecule has 0 aliphatic carbocycles. The molecule has 0 N–H and O–H groups in total. The van der Waals surface area contributed by atoms with Gasteiger partial charge in [-0.05, 0) is 11.1 Å². The predicted octanol–water partition coefficient (Wildman–Crippen LogP) is 2.44. The molecule has 0 saturated heterocycles. The summed E-state index contributed by atoms with van der Waals surface area (Å²) in [6.45, 7) is 3.16. The smallest absolute Gasteiger partial charge is 0.272 e. The molecule has 74 valence electrons. The summed E-state index contributed by atoms with van der Waals surface area (Å²) < 4.78 is 32.9. The molecule has 0 bridgehead atoms. The normalized spacial score (nSPS) is 11.2. The molecular weight excluding hydrogens is 180 g/mol. The SMILES string of the molecule is CC(C)c1conc1OCC(F)F. The third-order valence-corrected chi connectivity index (χ3v) is 1.53. The highest BCUT2D eigenvalue weighted by Gasteiger charge is 2.14. The molecule has 0 amide bonds. The van der Waals surface area contributed by atoms with E-state index in [9.17, 15) is 8.78 Å². The second kappa shape index (κ2) is 4.20. The minimum Gasteiger partial charge on any atom is -0.469 e. The van der Waals surface area contributed by atoms with Crippen LogP contribution in [0.15, 0.2) is 10.8 Å². The molecule has 0 unspecified atom stereocenters. The highest BCUT2D eigenvalue weighted by molar-refractivity contribution is 5.24. The van der Waals surface area contributed by atoms with Crippen LogP contribution in [0.1, 0.15) is 25.3 Å². The van der Waals surface area contributed by atoms with E-state index in [1.807, 2.05) is 13.8 Å². The van der Waals surface area contributed by atoms with Crippen molar-refractivity contribution >= 4 is 0 Å². The molecule has 0 aliphatic heterocycles. The zero-order valence-electron chi connectivity index (χ0n) is 7.46. The highest BCUT2D eigenvalue weighted by atomic mass is 19.3. The van der Waals surface area contributed by atoms with Gasteiger partial charge in [0.15, 0.2) is 6.61 Å². The maximum absolute atomic E-state index is 11.8. The maximum Gasteiger partial charge on any atom is 0.272 e. The molecule has 0 atom stereocenters. The molecule has 5 heteroatoms. The van der Waals surface area contributed by atoms with E-state index < -0.39 is 13.0 Å². The molecule has 0 aliphatic rings. The topological polar surface area (TPSA) is 35.3 Å². The van der Waals surface area contributed by atoms with E-state index in [1.165, 1.54) is 6.26 Å². The van der Waals surface area contributed by atoms with E-state index >= 15 is 0 Å². The Labute approximate surface area is 74.7 Å². The van der Waals surface area contributed by atoms with Crippen LogP contribution in [0.5, 0.6) is 5.88 Å². The minimum atomic E-state index is -2.49. The van der Waals surface area contributed by atoms with Gasteiger partial charge in [0.05, 0.1) is 5.56 Å². The summed E-state index contributed by atoms with van der Waals surface area (Å²) in [5, 5.41) is 3.48. The van der Waals surface area contributed by atoms with E-state index in [-0.39, 0.29) is 11.8 Å². The van der Waals surface area contributed by atoms with Gasteiger partial charge in [-0.25, -0.2) is 8.78 Å². The lowest BCUT2D eigenvalue weighted by Crippen LogP contribution is -2.08. The molecule has 1 heterocycles. The van der Waals surface area contributed by atoms with Gasteiger partial charge in [-0.1, -0.05) is 13.8 Å². The summed E-state index contributed by atoms with van der Waals surface area (Å²) in [6, 6.07) is 0. The molecule has 0 aromatic carbocycles. The number of nitrogens with zero attached hydrogens (tertiary/aromatic N) is 1. The Morgan fingerprint density at radius 1 is 1.54 bits per heavy atom. The van der Waals surface area contributed by atoms with Crippen molar-refractivity contribution < 1.29 is 18.0 Å². The molecule has 1 aromatic heterocycles. The van der Waals surface area contributed by atoms with Crippen molar-refractivity contribution in [1.29, 1.82) is 0 Å². The average Bonchev–Trinajstić information content (AvgIpc) is 2.47. The quantitative estimate of drug-likeness (QED) is 0.733. The largest absolute Gasteiger partial charge is 0.469 e. The molecule has 3 nitrogen and oxygen atoms in total. The second-order valence-corrected chi connectivity index (χ2v) is 2.93. The van der Waals surface area contributed by atoms with Crippen LogP contribution in [0.4, 0.5) is 8.78 Å². The van der Waals surface area contributed by atoms with Gasteiger partial charge in [-0.3, -0.25) is 0 Å². The molecule has 0 saturated carbocycles. The Balaban J connectivity index is 2.60. The van der Waals surface area contributed by atoms with E-state index in [2.05, 4.69) is 9.68 Å². The van der Waals surface area contributed by atoms with Crippen molar-refractivity contribution in [2.75, 3.05) is 6.61 Å². The van der Waals surface area contributed by atoms with E-state index in [0.717, 1.165) is 0 Å². The first-order valence-corrected chi connectivity index (χ1v) is 3.96. The van der Waals surface area contributed by atoms with Crippen molar-refractivity contribution in [3.05, 3.63) is 11.8 Å². The molecule has 0 spiro atoms. The number of halogens is 2. The fraction of sp³-hybridized carbons (Fsp3) is 0.625. The van der Waals surface area contributed by atoms with Crippen molar-refractivity contribution in [3.8, 4) is 5.88 Å². The molecule has 13 heavy (non-hydrogen) atoms. The Morgan fingerprint density at radius 2 is 2.23 bits per heavy atom.